The number of benzene rings is 1. The van der Waals surface area contributed by atoms with Gasteiger partial charge in [0, 0.05) is 6.04 Å². The van der Waals surface area contributed by atoms with E-state index in [1.807, 2.05) is 6.92 Å². The highest BCUT2D eigenvalue weighted by Crippen LogP contribution is 2.34. The molecule has 0 heterocycles. The summed E-state index contributed by atoms with van der Waals surface area (Å²) < 4.78 is 5.77. The van der Waals surface area contributed by atoms with Crippen LogP contribution >= 0.6 is 0 Å². The number of anilines is 1. The van der Waals surface area contributed by atoms with Gasteiger partial charge in [0.15, 0.2) is 0 Å². The maximum Gasteiger partial charge on any atom is 0.142 e. The maximum absolute atomic E-state index is 5.77. The normalized spacial score (nSPS) is 27.1. The Bertz CT molecular complexity index is 406. The van der Waals surface area contributed by atoms with Crippen LogP contribution in [0.15, 0.2) is 18.2 Å². The van der Waals surface area contributed by atoms with Crippen molar-refractivity contribution in [2.45, 2.75) is 53.0 Å². The molecule has 0 bridgehead atoms. The van der Waals surface area contributed by atoms with Crippen molar-refractivity contribution in [2.24, 2.45) is 11.8 Å². The Labute approximate surface area is 117 Å². The third kappa shape index (κ3) is 3.43. The maximum atomic E-state index is 5.77. The average Bonchev–Trinajstić information content (AvgIpc) is 2.37. The lowest BCUT2D eigenvalue weighted by Gasteiger charge is -2.36. The Morgan fingerprint density at radius 2 is 1.89 bits per heavy atom. The topological polar surface area (TPSA) is 21.3 Å². The van der Waals surface area contributed by atoms with Gasteiger partial charge in [-0.25, -0.2) is 0 Å². The van der Waals surface area contributed by atoms with Crippen LogP contribution in [-0.2, 0) is 0 Å². The summed E-state index contributed by atoms with van der Waals surface area (Å²) in [6.45, 7) is 9.59. The second-order valence-electron chi connectivity index (χ2n) is 5.99. The number of rotatable bonds is 4. The van der Waals surface area contributed by atoms with E-state index in [1.165, 1.54) is 24.8 Å². The molecule has 2 nitrogen and oxygen atoms in total. The molecule has 0 saturated heterocycles. The van der Waals surface area contributed by atoms with E-state index in [9.17, 15) is 0 Å². The lowest BCUT2D eigenvalue weighted by Crippen LogP contribution is -2.37. The predicted molar refractivity (Wildman–Crippen MR) is 81.9 cm³/mol. The van der Waals surface area contributed by atoms with Crippen LogP contribution in [0.3, 0.4) is 0 Å². The molecular weight excluding hydrogens is 234 g/mol. The molecule has 2 heteroatoms. The van der Waals surface area contributed by atoms with Crippen LogP contribution in [0.5, 0.6) is 5.75 Å². The predicted octanol–water partition coefficient (Wildman–Crippen LogP) is 4.63. The first kappa shape index (κ1) is 14.2. The third-order valence-electron chi connectivity index (χ3n) is 4.30. The molecule has 2 atom stereocenters. The Hall–Kier alpha value is -1.18. The quantitative estimate of drug-likeness (QED) is 0.853. The van der Waals surface area contributed by atoms with E-state index in [2.05, 4.69) is 44.3 Å². The van der Waals surface area contributed by atoms with Gasteiger partial charge in [-0.2, -0.15) is 0 Å². The van der Waals surface area contributed by atoms with Crippen molar-refractivity contribution in [3.63, 3.8) is 0 Å². The van der Waals surface area contributed by atoms with Gasteiger partial charge in [0.05, 0.1) is 12.3 Å². The number of hydrogen-bond donors (Lipinski definition) is 1. The van der Waals surface area contributed by atoms with Gasteiger partial charge in [0.25, 0.3) is 0 Å². The summed E-state index contributed by atoms with van der Waals surface area (Å²) in [5.41, 5.74) is 2.40. The van der Waals surface area contributed by atoms with Crippen molar-refractivity contribution >= 4 is 5.69 Å². The molecule has 0 amide bonds. The minimum absolute atomic E-state index is 0.565. The molecule has 2 unspecified atom stereocenters. The molecule has 0 radical (unpaired) electrons. The van der Waals surface area contributed by atoms with Crippen molar-refractivity contribution < 1.29 is 4.74 Å². The molecule has 0 aromatic heterocycles. The van der Waals surface area contributed by atoms with Gasteiger partial charge in [-0.05, 0) is 56.2 Å². The smallest absolute Gasteiger partial charge is 0.142 e. The van der Waals surface area contributed by atoms with Gasteiger partial charge in [0.2, 0.25) is 0 Å². The minimum atomic E-state index is 0.565. The van der Waals surface area contributed by atoms with E-state index in [0.29, 0.717) is 12.6 Å². The molecule has 1 saturated carbocycles. The molecular formula is C17H27NO. The molecule has 1 aromatic carbocycles. The zero-order valence-corrected chi connectivity index (χ0v) is 12.7. The van der Waals surface area contributed by atoms with Crippen LogP contribution in [0, 0.1) is 18.8 Å². The van der Waals surface area contributed by atoms with Crippen LogP contribution in [0.25, 0.3) is 0 Å². The lowest BCUT2D eigenvalue weighted by atomic mass is 9.78. The van der Waals surface area contributed by atoms with Crippen LogP contribution < -0.4 is 10.1 Å². The Kier molecular flexibility index (Phi) is 4.73. The zero-order chi connectivity index (χ0) is 13.8. The fraction of sp³-hybridized carbons (Fsp3) is 0.647. The number of ether oxygens (including phenoxy) is 1. The zero-order valence-electron chi connectivity index (χ0n) is 12.7. The molecule has 1 fully saturated rings. The number of aryl methyl sites for hydroxylation is 1. The molecule has 2 rings (SSSR count). The average molecular weight is 261 g/mol. The standard InChI is InChI=1S/C17H27NO/c1-5-19-16-11-12(2)9-10-15(16)18-17-13(3)7-6-8-14(17)4/h9-11,13-14,17-18H,5-8H2,1-4H3. The van der Waals surface area contributed by atoms with Gasteiger partial charge in [-0.3, -0.25) is 0 Å². The molecule has 1 aromatic rings. The van der Waals surface area contributed by atoms with E-state index >= 15 is 0 Å². The third-order valence-corrected chi connectivity index (χ3v) is 4.30. The summed E-state index contributed by atoms with van der Waals surface area (Å²) in [6.07, 6.45) is 4.03. The van der Waals surface area contributed by atoms with Crippen LogP contribution in [0.2, 0.25) is 0 Å². The highest BCUT2D eigenvalue weighted by Gasteiger charge is 2.28. The highest BCUT2D eigenvalue weighted by molar-refractivity contribution is 5.58. The van der Waals surface area contributed by atoms with E-state index < -0.39 is 0 Å². The first-order valence-corrected chi connectivity index (χ1v) is 7.61. The second kappa shape index (κ2) is 6.31. The molecule has 0 aliphatic heterocycles. The second-order valence-corrected chi connectivity index (χ2v) is 5.99. The fourth-order valence-corrected chi connectivity index (χ4v) is 3.17. The number of hydrogen-bond acceptors (Lipinski definition) is 2. The SMILES string of the molecule is CCOc1cc(C)ccc1NC1C(C)CCCC1C. The summed E-state index contributed by atoms with van der Waals surface area (Å²) in [5, 5.41) is 3.74. The molecule has 1 N–H and O–H groups in total. The highest BCUT2D eigenvalue weighted by atomic mass is 16.5. The Balaban J connectivity index is 2.17. The summed E-state index contributed by atoms with van der Waals surface area (Å²) in [7, 11) is 0. The molecule has 1 aliphatic carbocycles. The van der Waals surface area contributed by atoms with E-state index in [4.69, 9.17) is 4.74 Å². The fourth-order valence-electron chi connectivity index (χ4n) is 3.17. The van der Waals surface area contributed by atoms with E-state index in [-0.39, 0.29) is 0 Å². The van der Waals surface area contributed by atoms with Crippen molar-refractivity contribution in [3.05, 3.63) is 23.8 Å². The van der Waals surface area contributed by atoms with Gasteiger partial charge >= 0.3 is 0 Å². The molecule has 106 valence electrons. The van der Waals surface area contributed by atoms with Gasteiger partial charge in [-0.1, -0.05) is 26.3 Å². The summed E-state index contributed by atoms with van der Waals surface area (Å²) in [4.78, 5) is 0. The van der Waals surface area contributed by atoms with Crippen LogP contribution in [0.4, 0.5) is 5.69 Å². The minimum Gasteiger partial charge on any atom is -0.492 e. The summed E-state index contributed by atoms with van der Waals surface area (Å²) >= 11 is 0. The Morgan fingerprint density at radius 3 is 2.53 bits per heavy atom. The monoisotopic (exact) mass is 261 g/mol. The van der Waals surface area contributed by atoms with Gasteiger partial charge in [-0.15, -0.1) is 0 Å². The molecule has 0 spiro atoms. The molecule has 1 aliphatic rings. The van der Waals surface area contributed by atoms with Crippen molar-refractivity contribution in [1.29, 1.82) is 0 Å². The van der Waals surface area contributed by atoms with Gasteiger partial charge < -0.3 is 10.1 Å². The van der Waals surface area contributed by atoms with Crippen LogP contribution in [0.1, 0.15) is 45.6 Å². The van der Waals surface area contributed by atoms with Gasteiger partial charge in [0.1, 0.15) is 5.75 Å². The lowest BCUT2D eigenvalue weighted by molar-refractivity contribution is 0.267. The Morgan fingerprint density at radius 1 is 1.21 bits per heavy atom. The largest absolute Gasteiger partial charge is 0.492 e. The van der Waals surface area contributed by atoms with Crippen molar-refractivity contribution in [1.82, 2.24) is 0 Å². The van der Waals surface area contributed by atoms with Crippen LogP contribution in [-0.4, -0.2) is 12.6 Å². The summed E-state index contributed by atoms with van der Waals surface area (Å²) in [6, 6.07) is 7.01. The van der Waals surface area contributed by atoms with E-state index in [0.717, 1.165) is 23.3 Å². The van der Waals surface area contributed by atoms with Crippen molar-refractivity contribution in [2.75, 3.05) is 11.9 Å². The first-order valence-electron chi connectivity index (χ1n) is 7.61. The number of nitrogens with one attached hydrogen (secondary N) is 1. The molecule has 19 heavy (non-hydrogen) atoms. The van der Waals surface area contributed by atoms with Crippen molar-refractivity contribution in [3.8, 4) is 5.75 Å². The van der Waals surface area contributed by atoms with E-state index in [1.54, 1.807) is 0 Å². The first-order chi connectivity index (χ1) is 9.11. The summed E-state index contributed by atoms with van der Waals surface area (Å²) in [5.74, 6) is 2.46.